The maximum absolute atomic E-state index is 9.28. The first-order chi connectivity index (χ1) is 6.22. The molecule has 0 fully saturated rings. The van der Waals surface area contributed by atoms with Gasteiger partial charge in [-0.2, -0.15) is 0 Å². The lowest BCUT2D eigenvalue weighted by molar-refractivity contribution is 0.183. The summed E-state index contributed by atoms with van der Waals surface area (Å²) in [5.74, 6) is 0.764. The van der Waals surface area contributed by atoms with E-state index >= 15 is 0 Å². The van der Waals surface area contributed by atoms with E-state index in [9.17, 15) is 5.11 Å². The Bertz CT molecular complexity index is 265. The summed E-state index contributed by atoms with van der Waals surface area (Å²) in [6.07, 6.45) is 1.95. The fourth-order valence-corrected chi connectivity index (χ4v) is 0.918. The van der Waals surface area contributed by atoms with Gasteiger partial charge in [-0.1, -0.05) is 6.92 Å². The molecule has 0 saturated heterocycles. The van der Waals surface area contributed by atoms with Crippen LogP contribution in [-0.2, 0) is 0 Å². The van der Waals surface area contributed by atoms with Crippen LogP contribution in [0.25, 0.3) is 0 Å². The van der Waals surface area contributed by atoms with E-state index in [0.29, 0.717) is 6.54 Å². The smallest absolute Gasteiger partial charge is 0.129 e. The topological polar surface area (TPSA) is 58.0 Å². The normalized spacial score (nSPS) is 12.5. The molecule has 0 unspecified atom stereocenters. The van der Waals surface area contributed by atoms with Gasteiger partial charge in [-0.05, 0) is 13.3 Å². The molecule has 0 saturated carbocycles. The van der Waals surface area contributed by atoms with Crippen LogP contribution in [0.5, 0.6) is 0 Å². The second-order valence-electron chi connectivity index (χ2n) is 2.99. The van der Waals surface area contributed by atoms with Crippen LogP contribution in [0.2, 0.25) is 0 Å². The van der Waals surface area contributed by atoms with Crippen molar-refractivity contribution in [3.63, 3.8) is 0 Å². The molecule has 72 valence electrons. The summed E-state index contributed by atoms with van der Waals surface area (Å²) >= 11 is 0. The molecule has 1 rings (SSSR count). The fourth-order valence-electron chi connectivity index (χ4n) is 0.918. The van der Waals surface area contributed by atoms with E-state index in [-0.39, 0.29) is 6.10 Å². The van der Waals surface area contributed by atoms with Crippen LogP contribution in [0.15, 0.2) is 12.4 Å². The lowest BCUT2D eigenvalue weighted by Gasteiger charge is -2.09. The summed E-state index contributed by atoms with van der Waals surface area (Å²) in [6, 6.07) is 1.85. The number of rotatable bonds is 4. The zero-order valence-electron chi connectivity index (χ0n) is 7.99. The number of hydrogen-bond donors (Lipinski definition) is 2. The molecular formula is C9H15N3O. The van der Waals surface area contributed by atoms with Crippen LogP contribution in [0.4, 0.5) is 5.82 Å². The number of aliphatic hydroxyl groups is 1. The first kappa shape index (κ1) is 9.92. The Balaban J connectivity index is 2.45. The van der Waals surface area contributed by atoms with Gasteiger partial charge in [0.25, 0.3) is 0 Å². The number of anilines is 1. The molecule has 0 radical (unpaired) electrons. The van der Waals surface area contributed by atoms with Gasteiger partial charge in [0.1, 0.15) is 12.1 Å². The van der Waals surface area contributed by atoms with Gasteiger partial charge in [-0.25, -0.2) is 9.97 Å². The first-order valence-corrected chi connectivity index (χ1v) is 4.43. The minimum atomic E-state index is -0.310. The summed E-state index contributed by atoms with van der Waals surface area (Å²) < 4.78 is 0. The van der Waals surface area contributed by atoms with Crippen molar-refractivity contribution in [2.45, 2.75) is 26.4 Å². The molecule has 1 aromatic rings. The summed E-state index contributed by atoms with van der Waals surface area (Å²) in [6.45, 7) is 4.38. The van der Waals surface area contributed by atoms with Crippen molar-refractivity contribution in [1.82, 2.24) is 9.97 Å². The monoisotopic (exact) mass is 181 g/mol. The Morgan fingerprint density at radius 2 is 2.31 bits per heavy atom. The molecule has 0 aliphatic heterocycles. The first-order valence-electron chi connectivity index (χ1n) is 4.43. The van der Waals surface area contributed by atoms with Crippen LogP contribution >= 0.6 is 0 Å². The fraction of sp³-hybridized carbons (Fsp3) is 0.556. The molecule has 4 heteroatoms. The number of aryl methyl sites for hydroxylation is 1. The van der Waals surface area contributed by atoms with E-state index in [4.69, 9.17) is 0 Å². The summed E-state index contributed by atoms with van der Waals surface area (Å²) in [7, 11) is 0. The van der Waals surface area contributed by atoms with Gasteiger partial charge >= 0.3 is 0 Å². The average molecular weight is 181 g/mol. The van der Waals surface area contributed by atoms with Gasteiger partial charge < -0.3 is 10.4 Å². The predicted octanol–water partition coefficient (Wildman–Crippen LogP) is 0.968. The van der Waals surface area contributed by atoms with Crippen LogP contribution in [0.3, 0.4) is 0 Å². The maximum Gasteiger partial charge on any atom is 0.129 e. The number of nitrogens with zero attached hydrogens (tertiary/aromatic N) is 2. The lowest BCUT2D eigenvalue weighted by Crippen LogP contribution is -2.18. The predicted molar refractivity (Wildman–Crippen MR) is 51.6 cm³/mol. The molecule has 4 nitrogen and oxygen atoms in total. The minimum Gasteiger partial charge on any atom is -0.391 e. The van der Waals surface area contributed by atoms with Crippen LogP contribution in [0.1, 0.15) is 19.0 Å². The quantitative estimate of drug-likeness (QED) is 0.726. The molecule has 2 N–H and O–H groups in total. The van der Waals surface area contributed by atoms with E-state index in [1.54, 1.807) is 0 Å². The number of aromatic nitrogens is 2. The number of hydrogen-bond acceptors (Lipinski definition) is 4. The van der Waals surface area contributed by atoms with Gasteiger partial charge in [-0.15, -0.1) is 0 Å². The highest BCUT2D eigenvalue weighted by Gasteiger charge is 2.00. The zero-order chi connectivity index (χ0) is 9.68. The van der Waals surface area contributed by atoms with Crippen LogP contribution in [-0.4, -0.2) is 27.7 Å². The molecule has 1 atom stereocenters. The van der Waals surface area contributed by atoms with Crippen LogP contribution in [0, 0.1) is 6.92 Å². The van der Waals surface area contributed by atoms with Crippen molar-refractivity contribution >= 4 is 5.82 Å². The van der Waals surface area contributed by atoms with Gasteiger partial charge in [-0.3, -0.25) is 0 Å². The third-order valence-electron chi connectivity index (χ3n) is 1.79. The third kappa shape index (κ3) is 3.38. The third-order valence-corrected chi connectivity index (χ3v) is 1.79. The maximum atomic E-state index is 9.28. The SMILES string of the molecule is CC[C@H](O)CNc1cc(C)ncn1. The molecule has 0 aliphatic carbocycles. The van der Waals surface area contributed by atoms with Gasteiger partial charge in [0.15, 0.2) is 0 Å². The standard InChI is InChI=1S/C9H15N3O/c1-3-8(13)5-10-9-4-7(2)11-6-12-9/h4,6,8,13H,3,5H2,1-2H3,(H,10,11,12)/t8-/m0/s1. The van der Waals surface area contributed by atoms with Crippen molar-refractivity contribution in [3.05, 3.63) is 18.1 Å². The minimum absolute atomic E-state index is 0.310. The van der Waals surface area contributed by atoms with Crippen LogP contribution < -0.4 is 5.32 Å². The van der Waals surface area contributed by atoms with Gasteiger partial charge in [0.05, 0.1) is 6.10 Å². The summed E-state index contributed by atoms with van der Waals surface area (Å²) in [5, 5.41) is 12.3. The second kappa shape index (κ2) is 4.77. The number of nitrogens with one attached hydrogen (secondary N) is 1. The van der Waals surface area contributed by atoms with Crippen molar-refractivity contribution in [2.24, 2.45) is 0 Å². The molecule has 0 aliphatic rings. The van der Waals surface area contributed by atoms with E-state index in [1.165, 1.54) is 6.33 Å². The van der Waals surface area contributed by atoms with E-state index < -0.39 is 0 Å². The highest BCUT2D eigenvalue weighted by Crippen LogP contribution is 2.02. The second-order valence-corrected chi connectivity index (χ2v) is 2.99. The summed E-state index contributed by atoms with van der Waals surface area (Å²) in [5.41, 5.74) is 0.920. The average Bonchev–Trinajstić information content (AvgIpc) is 2.14. The van der Waals surface area contributed by atoms with Crippen molar-refractivity contribution in [3.8, 4) is 0 Å². The number of aliphatic hydroxyl groups excluding tert-OH is 1. The van der Waals surface area contributed by atoms with Crippen molar-refractivity contribution in [2.75, 3.05) is 11.9 Å². The largest absolute Gasteiger partial charge is 0.391 e. The van der Waals surface area contributed by atoms with E-state index in [1.807, 2.05) is 19.9 Å². The highest BCUT2D eigenvalue weighted by atomic mass is 16.3. The molecule has 13 heavy (non-hydrogen) atoms. The Morgan fingerprint density at radius 3 is 2.92 bits per heavy atom. The molecular weight excluding hydrogens is 166 g/mol. The summed E-state index contributed by atoms with van der Waals surface area (Å²) in [4.78, 5) is 7.99. The molecule has 1 aromatic heterocycles. The Morgan fingerprint density at radius 1 is 1.54 bits per heavy atom. The Labute approximate surface area is 78.0 Å². The van der Waals surface area contributed by atoms with E-state index in [0.717, 1.165) is 17.9 Å². The van der Waals surface area contributed by atoms with Crippen molar-refractivity contribution in [1.29, 1.82) is 0 Å². The molecule has 1 heterocycles. The lowest BCUT2D eigenvalue weighted by atomic mass is 10.3. The molecule has 0 bridgehead atoms. The molecule has 0 aromatic carbocycles. The molecule has 0 spiro atoms. The Kier molecular flexibility index (Phi) is 3.64. The van der Waals surface area contributed by atoms with Gasteiger partial charge in [0, 0.05) is 18.3 Å². The highest BCUT2D eigenvalue weighted by molar-refractivity contribution is 5.34. The van der Waals surface area contributed by atoms with E-state index in [2.05, 4.69) is 15.3 Å². The Hall–Kier alpha value is -1.16. The zero-order valence-corrected chi connectivity index (χ0v) is 7.99. The van der Waals surface area contributed by atoms with Crippen molar-refractivity contribution < 1.29 is 5.11 Å². The molecule has 0 amide bonds. The van der Waals surface area contributed by atoms with Gasteiger partial charge in [0.2, 0.25) is 0 Å².